The molecule has 3 aromatic heterocycles. The van der Waals surface area contributed by atoms with Gasteiger partial charge in [0.25, 0.3) is 0 Å². The van der Waals surface area contributed by atoms with Crippen molar-refractivity contribution in [3.05, 3.63) is 56.6 Å². The van der Waals surface area contributed by atoms with Gasteiger partial charge in [-0.05, 0) is 51.5 Å². The van der Waals surface area contributed by atoms with Crippen molar-refractivity contribution >= 4 is 38.8 Å². The summed E-state index contributed by atoms with van der Waals surface area (Å²) in [4.78, 5) is 20.2. The third kappa shape index (κ3) is 2.46. The molecule has 4 nitrogen and oxygen atoms in total. The second-order valence-corrected chi connectivity index (χ2v) is 7.35. The molecule has 22 heavy (non-hydrogen) atoms. The lowest BCUT2D eigenvalue weighted by atomic mass is 10.1. The molecule has 4 heterocycles. The molecule has 0 aliphatic carbocycles. The summed E-state index contributed by atoms with van der Waals surface area (Å²) < 4.78 is 2.95. The number of amides is 1. The van der Waals surface area contributed by atoms with Crippen LogP contribution in [0.4, 0.5) is 0 Å². The molecule has 3 aromatic rings. The molecular weight excluding hydrogens is 362 g/mol. The van der Waals surface area contributed by atoms with Gasteiger partial charge in [-0.25, -0.2) is 4.98 Å². The van der Waals surface area contributed by atoms with E-state index in [1.54, 1.807) is 17.5 Å². The number of thiophene rings is 1. The van der Waals surface area contributed by atoms with Gasteiger partial charge in [0.2, 0.25) is 5.91 Å². The van der Waals surface area contributed by atoms with Gasteiger partial charge in [-0.3, -0.25) is 4.79 Å². The van der Waals surface area contributed by atoms with Gasteiger partial charge in [0.15, 0.2) is 0 Å². The van der Waals surface area contributed by atoms with Crippen molar-refractivity contribution in [2.24, 2.45) is 0 Å². The van der Waals surface area contributed by atoms with E-state index in [0.717, 1.165) is 35.3 Å². The van der Waals surface area contributed by atoms with Crippen LogP contribution in [-0.2, 0) is 24.2 Å². The van der Waals surface area contributed by atoms with Crippen LogP contribution in [0.15, 0.2) is 40.4 Å². The maximum Gasteiger partial charge on any atom is 0.228 e. The zero-order valence-corrected chi connectivity index (χ0v) is 14.2. The van der Waals surface area contributed by atoms with E-state index in [9.17, 15) is 4.79 Å². The molecule has 0 fully saturated rings. The van der Waals surface area contributed by atoms with E-state index in [1.165, 1.54) is 10.4 Å². The summed E-state index contributed by atoms with van der Waals surface area (Å²) >= 11 is 5.21. The van der Waals surface area contributed by atoms with Crippen LogP contribution in [0.25, 0.3) is 5.65 Å². The van der Waals surface area contributed by atoms with E-state index in [-0.39, 0.29) is 5.91 Å². The molecular formula is C16H14BrN3OS. The predicted octanol–water partition coefficient (Wildman–Crippen LogP) is 3.29. The molecule has 0 radical (unpaired) electrons. The van der Waals surface area contributed by atoms with Gasteiger partial charge in [-0.2, -0.15) is 0 Å². The van der Waals surface area contributed by atoms with Crippen molar-refractivity contribution in [3.63, 3.8) is 0 Å². The van der Waals surface area contributed by atoms with Crippen molar-refractivity contribution in [2.75, 3.05) is 6.54 Å². The van der Waals surface area contributed by atoms with Gasteiger partial charge < -0.3 is 9.30 Å². The number of carbonyl (C=O) groups is 1. The summed E-state index contributed by atoms with van der Waals surface area (Å²) in [5, 5.41) is 2.11. The molecule has 0 unspecified atom stereocenters. The van der Waals surface area contributed by atoms with Gasteiger partial charge in [-0.1, -0.05) is 0 Å². The zero-order chi connectivity index (χ0) is 15.1. The number of carbonyl (C=O) groups excluding carboxylic acids is 1. The number of imidazole rings is 1. The molecule has 0 saturated heterocycles. The predicted molar refractivity (Wildman–Crippen MR) is 90.0 cm³/mol. The molecule has 112 valence electrons. The molecule has 0 spiro atoms. The number of fused-ring (bicyclic) bond motifs is 2. The number of pyridine rings is 1. The Kier molecular flexibility index (Phi) is 3.50. The number of aromatic nitrogens is 2. The number of rotatable bonds is 2. The first-order valence-corrected chi connectivity index (χ1v) is 8.82. The molecule has 0 atom stereocenters. The highest BCUT2D eigenvalue weighted by Gasteiger charge is 2.22. The second-order valence-electron chi connectivity index (χ2n) is 5.44. The average molecular weight is 376 g/mol. The minimum absolute atomic E-state index is 0.167. The highest BCUT2D eigenvalue weighted by Crippen LogP contribution is 2.24. The van der Waals surface area contributed by atoms with E-state index in [1.807, 2.05) is 27.6 Å². The van der Waals surface area contributed by atoms with Gasteiger partial charge >= 0.3 is 0 Å². The number of halogens is 1. The lowest BCUT2D eigenvalue weighted by Gasteiger charge is -2.26. The first-order chi connectivity index (χ1) is 10.7. The highest BCUT2D eigenvalue weighted by atomic mass is 79.9. The third-order valence-corrected chi connectivity index (χ3v) is 5.47. The number of hydrogen-bond donors (Lipinski definition) is 0. The van der Waals surface area contributed by atoms with Crippen molar-refractivity contribution in [1.82, 2.24) is 14.3 Å². The third-order valence-electron chi connectivity index (χ3n) is 4.05. The Bertz CT molecular complexity index is 854. The molecule has 0 aromatic carbocycles. The molecule has 1 aliphatic rings. The van der Waals surface area contributed by atoms with Crippen LogP contribution in [0.2, 0.25) is 0 Å². The Morgan fingerprint density at radius 3 is 3.18 bits per heavy atom. The Morgan fingerprint density at radius 1 is 1.36 bits per heavy atom. The summed E-state index contributed by atoms with van der Waals surface area (Å²) in [5.41, 5.74) is 3.19. The number of hydrogen-bond acceptors (Lipinski definition) is 3. The van der Waals surface area contributed by atoms with Gasteiger partial charge in [0, 0.05) is 28.3 Å². The molecule has 0 saturated carbocycles. The van der Waals surface area contributed by atoms with Crippen molar-refractivity contribution < 1.29 is 4.79 Å². The van der Waals surface area contributed by atoms with Crippen molar-refractivity contribution in [3.8, 4) is 0 Å². The van der Waals surface area contributed by atoms with Crippen molar-refractivity contribution in [2.45, 2.75) is 19.4 Å². The fourth-order valence-electron chi connectivity index (χ4n) is 2.85. The van der Waals surface area contributed by atoms with Gasteiger partial charge in [0.1, 0.15) is 5.65 Å². The summed E-state index contributed by atoms with van der Waals surface area (Å²) in [7, 11) is 0. The van der Waals surface area contributed by atoms with E-state index >= 15 is 0 Å². The maximum atomic E-state index is 12.6. The van der Waals surface area contributed by atoms with E-state index < -0.39 is 0 Å². The maximum absolute atomic E-state index is 12.6. The monoisotopic (exact) mass is 375 g/mol. The average Bonchev–Trinajstić information content (AvgIpc) is 3.13. The standard InChI is InChI=1S/C16H14BrN3OS/c17-12-1-2-15-18-8-13(20(15)9-12)7-16(21)19-5-3-11-4-6-22-14(11)10-19/h1-2,4,6,8-9H,3,5,7,10H2. The molecule has 1 amide bonds. The fourth-order valence-corrected chi connectivity index (χ4v) is 4.14. The summed E-state index contributed by atoms with van der Waals surface area (Å²) in [6, 6.07) is 6.07. The van der Waals surface area contributed by atoms with Crippen LogP contribution in [0.1, 0.15) is 16.1 Å². The lowest BCUT2D eigenvalue weighted by molar-refractivity contribution is -0.131. The van der Waals surface area contributed by atoms with E-state index in [0.29, 0.717) is 6.42 Å². The lowest BCUT2D eigenvalue weighted by Crippen LogP contribution is -2.36. The van der Waals surface area contributed by atoms with Crippen LogP contribution < -0.4 is 0 Å². The van der Waals surface area contributed by atoms with Crippen molar-refractivity contribution in [1.29, 1.82) is 0 Å². The Hall–Kier alpha value is -1.66. The number of nitrogens with zero attached hydrogens (tertiary/aromatic N) is 3. The zero-order valence-electron chi connectivity index (χ0n) is 11.8. The quantitative estimate of drug-likeness (QED) is 0.689. The first-order valence-electron chi connectivity index (χ1n) is 7.15. The van der Waals surface area contributed by atoms with Crippen LogP contribution in [-0.4, -0.2) is 26.7 Å². The highest BCUT2D eigenvalue weighted by molar-refractivity contribution is 9.10. The normalized spacial score (nSPS) is 14.3. The molecule has 0 bridgehead atoms. The summed E-state index contributed by atoms with van der Waals surface area (Å²) in [6.45, 7) is 1.55. The van der Waals surface area contributed by atoms with Crippen LogP contribution in [0.5, 0.6) is 0 Å². The van der Waals surface area contributed by atoms with Crippen LogP contribution in [0, 0.1) is 0 Å². The first kappa shape index (κ1) is 14.0. The molecule has 0 N–H and O–H groups in total. The molecule has 6 heteroatoms. The Labute approximate surface area is 140 Å². The SMILES string of the molecule is O=C(Cc1cnc2ccc(Br)cn12)N1CCc2ccsc2C1. The second kappa shape index (κ2) is 5.52. The fraction of sp³-hybridized carbons (Fsp3) is 0.250. The van der Waals surface area contributed by atoms with E-state index in [2.05, 4.69) is 32.4 Å². The summed E-state index contributed by atoms with van der Waals surface area (Å²) in [5.74, 6) is 0.167. The smallest absolute Gasteiger partial charge is 0.228 e. The molecule has 1 aliphatic heterocycles. The largest absolute Gasteiger partial charge is 0.337 e. The van der Waals surface area contributed by atoms with E-state index in [4.69, 9.17) is 0 Å². The minimum atomic E-state index is 0.167. The Balaban J connectivity index is 1.55. The molecule has 4 rings (SSSR count). The topological polar surface area (TPSA) is 37.6 Å². The Morgan fingerprint density at radius 2 is 2.27 bits per heavy atom. The van der Waals surface area contributed by atoms with Gasteiger partial charge in [0.05, 0.1) is 18.7 Å². The summed E-state index contributed by atoms with van der Waals surface area (Å²) in [6.07, 6.45) is 5.10. The van der Waals surface area contributed by atoms with Crippen LogP contribution >= 0.6 is 27.3 Å². The van der Waals surface area contributed by atoms with Crippen LogP contribution in [0.3, 0.4) is 0 Å². The van der Waals surface area contributed by atoms with Gasteiger partial charge in [-0.15, -0.1) is 11.3 Å². The minimum Gasteiger partial charge on any atom is -0.337 e.